The van der Waals surface area contributed by atoms with Crippen LogP contribution < -0.4 is 11.1 Å². The second-order valence-electron chi connectivity index (χ2n) is 4.92. The number of nitrogens with zero attached hydrogens (tertiary/aromatic N) is 1. The molecule has 0 bridgehead atoms. The van der Waals surface area contributed by atoms with Crippen LogP contribution in [0.1, 0.15) is 19.3 Å². The predicted octanol–water partition coefficient (Wildman–Crippen LogP) is -0.421. The summed E-state index contributed by atoms with van der Waals surface area (Å²) in [6.45, 7) is 4.88. The Hall–Kier alpha value is -0.690. The fourth-order valence-corrected chi connectivity index (χ4v) is 2.02. The van der Waals surface area contributed by atoms with Gasteiger partial charge in [0.1, 0.15) is 0 Å². The minimum atomic E-state index is 0.0902. The van der Waals surface area contributed by atoms with Crippen molar-refractivity contribution in [3.8, 4) is 0 Å². The van der Waals surface area contributed by atoms with Crippen molar-refractivity contribution in [3.05, 3.63) is 0 Å². The van der Waals surface area contributed by atoms with Gasteiger partial charge in [-0.3, -0.25) is 9.69 Å². The summed E-state index contributed by atoms with van der Waals surface area (Å²) >= 11 is 0. The van der Waals surface area contributed by atoms with Crippen molar-refractivity contribution in [2.75, 3.05) is 53.1 Å². The van der Waals surface area contributed by atoms with E-state index in [0.29, 0.717) is 39.0 Å². The maximum absolute atomic E-state index is 11.7. The molecule has 1 heterocycles. The number of piperidine rings is 1. The van der Waals surface area contributed by atoms with Crippen LogP contribution in [-0.2, 0) is 14.3 Å². The van der Waals surface area contributed by atoms with Crippen molar-refractivity contribution in [3.63, 3.8) is 0 Å². The van der Waals surface area contributed by atoms with Gasteiger partial charge in [-0.15, -0.1) is 0 Å². The van der Waals surface area contributed by atoms with E-state index in [2.05, 4.69) is 10.2 Å². The van der Waals surface area contributed by atoms with Gasteiger partial charge in [-0.1, -0.05) is 0 Å². The van der Waals surface area contributed by atoms with Gasteiger partial charge in [0, 0.05) is 39.4 Å². The molecular formula is C13H27N3O3. The summed E-state index contributed by atoms with van der Waals surface area (Å²) in [5.74, 6) is 0.0902. The van der Waals surface area contributed by atoms with Crippen molar-refractivity contribution in [2.45, 2.75) is 25.3 Å². The number of carbonyl (C=O) groups is 1. The van der Waals surface area contributed by atoms with Gasteiger partial charge in [0.15, 0.2) is 0 Å². The first-order chi connectivity index (χ1) is 9.22. The Morgan fingerprint density at radius 3 is 2.74 bits per heavy atom. The molecule has 19 heavy (non-hydrogen) atoms. The molecule has 1 fully saturated rings. The first-order valence-corrected chi connectivity index (χ1v) is 7.03. The summed E-state index contributed by atoms with van der Waals surface area (Å²) in [4.78, 5) is 13.8. The molecule has 1 saturated heterocycles. The lowest BCUT2D eigenvalue weighted by Gasteiger charge is -2.29. The van der Waals surface area contributed by atoms with Gasteiger partial charge in [-0.25, -0.2) is 0 Å². The second-order valence-corrected chi connectivity index (χ2v) is 4.92. The van der Waals surface area contributed by atoms with E-state index < -0.39 is 0 Å². The number of ether oxygens (including phenoxy) is 2. The lowest BCUT2D eigenvalue weighted by atomic mass is 10.1. The standard InChI is InChI=1S/C13H27N3O3/c1-18-9-10-19-8-2-5-15-13(17)11-16-6-3-12(14)4-7-16/h12H,2-11,14H2,1H3,(H,15,17). The molecule has 0 aromatic carbocycles. The van der Waals surface area contributed by atoms with E-state index in [4.69, 9.17) is 15.2 Å². The summed E-state index contributed by atoms with van der Waals surface area (Å²) in [6.07, 6.45) is 2.81. The molecule has 1 aliphatic heterocycles. The molecule has 0 saturated carbocycles. The van der Waals surface area contributed by atoms with Gasteiger partial charge in [0.25, 0.3) is 0 Å². The van der Waals surface area contributed by atoms with Crippen molar-refractivity contribution < 1.29 is 14.3 Å². The van der Waals surface area contributed by atoms with E-state index >= 15 is 0 Å². The molecule has 1 rings (SSSR count). The molecule has 0 radical (unpaired) electrons. The Bertz CT molecular complexity index is 243. The van der Waals surface area contributed by atoms with Crippen LogP contribution in [0.4, 0.5) is 0 Å². The number of hydrogen-bond donors (Lipinski definition) is 2. The van der Waals surface area contributed by atoms with Gasteiger partial charge in [-0.2, -0.15) is 0 Å². The quantitative estimate of drug-likeness (QED) is 0.558. The van der Waals surface area contributed by atoms with Crippen LogP contribution in [-0.4, -0.2) is 70.0 Å². The van der Waals surface area contributed by atoms with Crippen LogP contribution in [0.3, 0.4) is 0 Å². The van der Waals surface area contributed by atoms with Crippen LogP contribution >= 0.6 is 0 Å². The summed E-state index contributed by atoms with van der Waals surface area (Å²) < 4.78 is 10.2. The summed E-state index contributed by atoms with van der Waals surface area (Å²) in [5.41, 5.74) is 5.83. The van der Waals surface area contributed by atoms with E-state index in [0.717, 1.165) is 32.4 Å². The normalized spacial score (nSPS) is 17.6. The highest BCUT2D eigenvalue weighted by atomic mass is 16.5. The summed E-state index contributed by atoms with van der Waals surface area (Å²) in [7, 11) is 1.65. The van der Waals surface area contributed by atoms with Crippen LogP contribution in [0.2, 0.25) is 0 Å². The minimum absolute atomic E-state index is 0.0902. The zero-order valence-electron chi connectivity index (χ0n) is 11.9. The van der Waals surface area contributed by atoms with Gasteiger partial charge in [0.2, 0.25) is 5.91 Å². The molecule has 0 atom stereocenters. The molecule has 0 aliphatic carbocycles. The molecule has 0 unspecified atom stereocenters. The van der Waals surface area contributed by atoms with Gasteiger partial charge < -0.3 is 20.5 Å². The number of carbonyl (C=O) groups excluding carboxylic acids is 1. The Balaban J connectivity index is 1.93. The maximum atomic E-state index is 11.7. The third-order valence-corrected chi connectivity index (χ3v) is 3.22. The summed E-state index contributed by atoms with van der Waals surface area (Å²) in [6, 6.07) is 0.309. The molecule has 112 valence electrons. The highest BCUT2D eigenvalue weighted by molar-refractivity contribution is 5.77. The van der Waals surface area contributed by atoms with Gasteiger partial charge in [0.05, 0.1) is 19.8 Å². The van der Waals surface area contributed by atoms with E-state index in [1.807, 2.05) is 0 Å². The Morgan fingerprint density at radius 2 is 2.05 bits per heavy atom. The molecule has 0 aromatic heterocycles. The Labute approximate surface area is 115 Å². The fraction of sp³-hybridized carbons (Fsp3) is 0.923. The number of likely N-dealkylation sites (tertiary alicyclic amines) is 1. The van der Waals surface area contributed by atoms with E-state index in [-0.39, 0.29) is 5.91 Å². The van der Waals surface area contributed by atoms with Crippen molar-refractivity contribution >= 4 is 5.91 Å². The van der Waals surface area contributed by atoms with Gasteiger partial charge >= 0.3 is 0 Å². The van der Waals surface area contributed by atoms with Crippen molar-refractivity contribution in [1.29, 1.82) is 0 Å². The highest BCUT2D eigenvalue weighted by Crippen LogP contribution is 2.07. The zero-order valence-corrected chi connectivity index (χ0v) is 11.9. The van der Waals surface area contributed by atoms with E-state index in [1.54, 1.807) is 7.11 Å². The number of amides is 1. The van der Waals surface area contributed by atoms with Crippen LogP contribution in [0.5, 0.6) is 0 Å². The molecular weight excluding hydrogens is 246 g/mol. The molecule has 0 spiro atoms. The third kappa shape index (κ3) is 8.15. The van der Waals surface area contributed by atoms with Crippen molar-refractivity contribution in [1.82, 2.24) is 10.2 Å². The predicted molar refractivity (Wildman–Crippen MR) is 74.0 cm³/mol. The van der Waals surface area contributed by atoms with Crippen molar-refractivity contribution in [2.24, 2.45) is 5.73 Å². The lowest BCUT2D eigenvalue weighted by Crippen LogP contribution is -2.44. The average molecular weight is 273 g/mol. The minimum Gasteiger partial charge on any atom is -0.382 e. The molecule has 0 aromatic rings. The zero-order chi connectivity index (χ0) is 13.9. The fourth-order valence-electron chi connectivity index (χ4n) is 2.02. The Morgan fingerprint density at radius 1 is 1.32 bits per heavy atom. The molecule has 6 nitrogen and oxygen atoms in total. The van der Waals surface area contributed by atoms with Gasteiger partial charge in [-0.05, 0) is 19.3 Å². The number of hydrogen-bond acceptors (Lipinski definition) is 5. The number of nitrogens with two attached hydrogens (primary N) is 1. The monoisotopic (exact) mass is 273 g/mol. The SMILES string of the molecule is COCCOCCCNC(=O)CN1CCC(N)CC1. The molecule has 3 N–H and O–H groups in total. The van der Waals surface area contributed by atoms with Crippen LogP contribution in [0.25, 0.3) is 0 Å². The second kappa shape index (κ2) is 10.1. The van der Waals surface area contributed by atoms with E-state index in [9.17, 15) is 4.79 Å². The Kier molecular flexibility index (Phi) is 8.73. The molecule has 1 aliphatic rings. The maximum Gasteiger partial charge on any atom is 0.234 e. The lowest BCUT2D eigenvalue weighted by molar-refractivity contribution is -0.122. The summed E-state index contributed by atoms with van der Waals surface area (Å²) in [5, 5.41) is 2.91. The van der Waals surface area contributed by atoms with Crippen LogP contribution in [0, 0.1) is 0 Å². The topological polar surface area (TPSA) is 76.8 Å². The molecule has 6 heteroatoms. The number of nitrogens with one attached hydrogen (secondary N) is 1. The average Bonchev–Trinajstić information content (AvgIpc) is 2.40. The third-order valence-electron chi connectivity index (χ3n) is 3.22. The first kappa shape index (κ1) is 16.4. The number of rotatable bonds is 9. The highest BCUT2D eigenvalue weighted by Gasteiger charge is 2.17. The molecule has 1 amide bonds. The number of methoxy groups -OCH3 is 1. The van der Waals surface area contributed by atoms with E-state index in [1.165, 1.54) is 0 Å². The first-order valence-electron chi connectivity index (χ1n) is 7.03. The largest absolute Gasteiger partial charge is 0.382 e. The smallest absolute Gasteiger partial charge is 0.234 e. The van der Waals surface area contributed by atoms with Crippen LogP contribution in [0.15, 0.2) is 0 Å².